The minimum Gasteiger partial charge on any atom is -0.348 e. The van der Waals surface area contributed by atoms with Gasteiger partial charge in [0.15, 0.2) is 0 Å². The van der Waals surface area contributed by atoms with Crippen molar-refractivity contribution < 1.29 is 4.79 Å². The van der Waals surface area contributed by atoms with Gasteiger partial charge in [0.05, 0.1) is 11.6 Å². The maximum atomic E-state index is 11.9. The van der Waals surface area contributed by atoms with Gasteiger partial charge >= 0.3 is 0 Å². The van der Waals surface area contributed by atoms with Gasteiger partial charge in [-0.2, -0.15) is 0 Å². The first-order chi connectivity index (χ1) is 7.62. The molecular weight excluding hydrogens is 202 g/mol. The summed E-state index contributed by atoms with van der Waals surface area (Å²) in [5.74, 6) is -0.0388. The molecule has 0 bridgehead atoms. The van der Waals surface area contributed by atoms with Crippen LogP contribution < -0.4 is 11.1 Å². The largest absolute Gasteiger partial charge is 0.348 e. The number of nitrogens with one attached hydrogen (secondary N) is 1. The molecule has 4 heteroatoms. The normalized spacial score (nSPS) is 19.6. The Bertz CT molecular complexity index is 373. The molecule has 86 valence electrons. The maximum absolute atomic E-state index is 11.9. The predicted octanol–water partition coefficient (Wildman–Crippen LogP) is 1.14. The average molecular weight is 219 g/mol. The Balaban J connectivity index is 1.97. The van der Waals surface area contributed by atoms with Crippen LogP contribution in [0.2, 0.25) is 0 Å². The SMILES string of the molecule is C[C@H](NC(=O)C1(N)CCC1)c1ccncc1. The monoisotopic (exact) mass is 219 g/mol. The molecule has 0 unspecified atom stereocenters. The number of nitrogens with two attached hydrogens (primary N) is 1. The fourth-order valence-corrected chi connectivity index (χ4v) is 1.86. The summed E-state index contributed by atoms with van der Waals surface area (Å²) in [6, 6.07) is 3.78. The van der Waals surface area contributed by atoms with Crippen molar-refractivity contribution in [1.82, 2.24) is 10.3 Å². The van der Waals surface area contributed by atoms with Crippen LogP contribution >= 0.6 is 0 Å². The zero-order chi connectivity index (χ0) is 11.6. The van der Waals surface area contributed by atoms with Gasteiger partial charge in [0, 0.05) is 12.4 Å². The third-order valence-electron chi connectivity index (χ3n) is 3.25. The lowest BCUT2D eigenvalue weighted by Gasteiger charge is -2.37. The number of amides is 1. The summed E-state index contributed by atoms with van der Waals surface area (Å²) in [5, 5.41) is 2.95. The van der Waals surface area contributed by atoms with Crippen molar-refractivity contribution in [2.75, 3.05) is 0 Å². The molecule has 4 nitrogen and oxygen atoms in total. The molecule has 1 saturated carbocycles. The minimum atomic E-state index is -0.624. The van der Waals surface area contributed by atoms with E-state index in [0.717, 1.165) is 24.8 Å². The molecule has 1 amide bonds. The van der Waals surface area contributed by atoms with Crippen molar-refractivity contribution >= 4 is 5.91 Å². The first-order valence-electron chi connectivity index (χ1n) is 5.62. The number of carbonyl (C=O) groups excluding carboxylic acids is 1. The second kappa shape index (κ2) is 4.22. The van der Waals surface area contributed by atoms with Crippen LogP contribution in [0.4, 0.5) is 0 Å². The molecule has 1 aliphatic rings. The standard InChI is InChI=1S/C12H17N3O/c1-9(10-3-7-14-8-4-10)15-11(16)12(13)5-2-6-12/h3-4,7-9H,2,5-6,13H2,1H3,(H,15,16)/t9-/m0/s1. The molecule has 0 saturated heterocycles. The van der Waals surface area contributed by atoms with Gasteiger partial charge < -0.3 is 11.1 Å². The summed E-state index contributed by atoms with van der Waals surface area (Å²) < 4.78 is 0. The lowest BCUT2D eigenvalue weighted by atomic mass is 9.77. The Hall–Kier alpha value is -1.42. The van der Waals surface area contributed by atoms with Gasteiger partial charge in [-0.25, -0.2) is 0 Å². The summed E-state index contributed by atoms with van der Waals surface area (Å²) in [6.07, 6.45) is 6.08. The first-order valence-corrected chi connectivity index (χ1v) is 5.62. The van der Waals surface area contributed by atoms with Gasteiger partial charge in [-0.05, 0) is 43.9 Å². The van der Waals surface area contributed by atoms with Crippen LogP contribution in [0.1, 0.15) is 37.8 Å². The molecule has 1 aliphatic carbocycles. The van der Waals surface area contributed by atoms with Crippen molar-refractivity contribution in [3.63, 3.8) is 0 Å². The van der Waals surface area contributed by atoms with E-state index >= 15 is 0 Å². The second-order valence-electron chi connectivity index (χ2n) is 4.49. The van der Waals surface area contributed by atoms with E-state index in [2.05, 4.69) is 10.3 Å². The van der Waals surface area contributed by atoms with E-state index in [1.54, 1.807) is 12.4 Å². The van der Waals surface area contributed by atoms with Gasteiger partial charge in [0.25, 0.3) is 0 Å². The summed E-state index contributed by atoms with van der Waals surface area (Å²) in [7, 11) is 0. The molecule has 1 atom stereocenters. The highest BCUT2D eigenvalue weighted by atomic mass is 16.2. The van der Waals surface area contributed by atoms with Crippen molar-refractivity contribution in [3.05, 3.63) is 30.1 Å². The molecule has 0 radical (unpaired) electrons. The van der Waals surface area contributed by atoms with Gasteiger partial charge in [-0.1, -0.05) is 0 Å². The van der Waals surface area contributed by atoms with E-state index < -0.39 is 5.54 Å². The predicted molar refractivity (Wildman–Crippen MR) is 61.6 cm³/mol. The Morgan fingerprint density at radius 3 is 2.62 bits per heavy atom. The Morgan fingerprint density at radius 2 is 2.12 bits per heavy atom. The number of carbonyl (C=O) groups is 1. The molecule has 0 aliphatic heterocycles. The van der Waals surface area contributed by atoms with Crippen LogP contribution in [0.3, 0.4) is 0 Å². The number of rotatable bonds is 3. The van der Waals surface area contributed by atoms with Crippen molar-refractivity contribution in [2.45, 2.75) is 37.8 Å². The molecular formula is C12H17N3O. The van der Waals surface area contributed by atoms with E-state index in [-0.39, 0.29) is 11.9 Å². The molecule has 1 fully saturated rings. The smallest absolute Gasteiger partial charge is 0.240 e. The van der Waals surface area contributed by atoms with E-state index in [4.69, 9.17) is 5.73 Å². The zero-order valence-electron chi connectivity index (χ0n) is 9.44. The molecule has 1 aromatic heterocycles. The molecule has 0 aromatic carbocycles. The molecule has 3 N–H and O–H groups in total. The van der Waals surface area contributed by atoms with Crippen LogP contribution in [0, 0.1) is 0 Å². The van der Waals surface area contributed by atoms with Crippen LogP contribution in [0.25, 0.3) is 0 Å². The maximum Gasteiger partial charge on any atom is 0.240 e. The van der Waals surface area contributed by atoms with E-state index in [9.17, 15) is 4.79 Å². The van der Waals surface area contributed by atoms with Gasteiger partial charge in [-0.15, -0.1) is 0 Å². The summed E-state index contributed by atoms with van der Waals surface area (Å²) in [6.45, 7) is 1.95. The molecule has 0 spiro atoms. The summed E-state index contributed by atoms with van der Waals surface area (Å²) in [5.41, 5.74) is 6.37. The van der Waals surface area contributed by atoms with Gasteiger partial charge in [0.1, 0.15) is 0 Å². The number of hydrogen-bond donors (Lipinski definition) is 2. The lowest BCUT2D eigenvalue weighted by molar-refractivity contribution is -0.129. The highest BCUT2D eigenvalue weighted by molar-refractivity contribution is 5.87. The zero-order valence-corrected chi connectivity index (χ0v) is 9.44. The Morgan fingerprint density at radius 1 is 1.50 bits per heavy atom. The number of aromatic nitrogens is 1. The average Bonchev–Trinajstić information content (AvgIpc) is 2.27. The van der Waals surface area contributed by atoms with Crippen LogP contribution in [-0.4, -0.2) is 16.4 Å². The Labute approximate surface area is 95.3 Å². The third-order valence-corrected chi connectivity index (χ3v) is 3.25. The molecule has 1 heterocycles. The Kier molecular flexibility index (Phi) is 2.92. The quantitative estimate of drug-likeness (QED) is 0.801. The minimum absolute atomic E-state index is 0.0171. The van der Waals surface area contributed by atoms with Gasteiger partial charge in [0.2, 0.25) is 5.91 Å². The highest BCUT2D eigenvalue weighted by Crippen LogP contribution is 2.29. The van der Waals surface area contributed by atoms with Crippen molar-refractivity contribution in [3.8, 4) is 0 Å². The van der Waals surface area contributed by atoms with Crippen LogP contribution in [0.15, 0.2) is 24.5 Å². The fraction of sp³-hybridized carbons (Fsp3) is 0.500. The van der Waals surface area contributed by atoms with Crippen molar-refractivity contribution in [2.24, 2.45) is 5.73 Å². The highest BCUT2D eigenvalue weighted by Gasteiger charge is 2.40. The van der Waals surface area contributed by atoms with E-state index in [1.807, 2.05) is 19.1 Å². The lowest BCUT2D eigenvalue weighted by Crippen LogP contribution is -2.58. The molecule has 16 heavy (non-hydrogen) atoms. The topological polar surface area (TPSA) is 68.0 Å². The van der Waals surface area contributed by atoms with Gasteiger partial charge in [-0.3, -0.25) is 9.78 Å². The summed E-state index contributed by atoms with van der Waals surface area (Å²) in [4.78, 5) is 15.8. The van der Waals surface area contributed by atoms with Crippen LogP contribution in [-0.2, 0) is 4.79 Å². The number of nitrogens with zero attached hydrogens (tertiary/aromatic N) is 1. The second-order valence-corrected chi connectivity index (χ2v) is 4.49. The summed E-state index contributed by atoms with van der Waals surface area (Å²) >= 11 is 0. The van der Waals surface area contributed by atoms with E-state index in [1.165, 1.54) is 0 Å². The van der Waals surface area contributed by atoms with E-state index in [0.29, 0.717) is 0 Å². The fourth-order valence-electron chi connectivity index (χ4n) is 1.86. The first kappa shape index (κ1) is 11.1. The molecule has 1 aromatic rings. The van der Waals surface area contributed by atoms with Crippen molar-refractivity contribution in [1.29, 1.82) is 0 Å². The number of pyridine rings is 1. The molecule has 2 rings (SSSR count). The third kappa shape index (κ3) is 2.07. The van der Waals surface area contributed by atoms with Crippen LogP contribution in [0.5, 0.6) is 0 Å². The number of hydrogen-bond acceptors (Lipinski definition) is 3.